The number of hydrogen-bond donors (Lipinski definition) is 1. The Balaban J connectivity index is 4.76. The first-order chi connectivity index (χ1) is 7.83. The fourth-order valence-corrected chi connectivity index (χ4v) is 2.35. The van der Waals surface area contributed by atoms with Crippen LogP contribution in [0.3, 0.4) is 0 Å². The molecule has 0 radical (unpaired) electrons. The van der Waals surface area contributed by atoms with Crippen molar-refractivity contribution >= 4 is 16.3 Å². The van der Waals surface area contributed by atoms with Gasteiger partial charge in [0.15, 0.2) is 0 Å². The van der Waals surface area contributed by atoms with E-state index < -0.39 is 16.3 Å². The van der Waals surface area contributed by atoms with E-state index in [2.05, 4.69) is 4.74 Å². The molecule has 0 saturated carbocycles. The minimum Gasteiger partial charge on any atom is -0.452 e. The standard InChI is InChI=1S/C9H17N3O4S/c1-8(2)7-12(6-4-5-10)17(14,15)11-9(13)16-3/h8H,4,6-7H2,1-3H3,(H,11,13). The minimum absolute atomic E-state index is 0.0427. The molecule has 0 aromatic carbocycles. The van der Waals surface area contributed by atoms with E-state index in [9.17, 15) is 13.2 Å². The molecule has 0 saturated heterocycles. The molecule has 0 aromatic heterocycles. The zero-order chi connectivity index (χ0) is 13.5. The van der Waals surface area contributed by atoms with Crippen LogP contribution >= 0.6 is 0 Å². The Kier molecular flexibility index (Phi) is 6.53. The number of rotatable bonds is 6. The Morgan fingerprint density at radius 3 is 2.53 bits per heavy atom. The maximum Gasteiger partial charge on any atom is 0.421 e. The SMILES string of the molecule is COC(=O)NS(=O)(=O)N(CCC#N)CC(C)C. The summed E-state index contributed by atoms with van der Waals surface area (Å²) in [6.07, 6.45) is -0.981. The first-order valence-electron chi connectivity index (χ1n) is 5.06. The zero-order valence-electron chi connectivity index (χ0n) is 10.1. The predicted molar refractivity (Wildman–Crippen MR) is 61.1 cm³/mol. The number of methoxy groups -OCH3 is 1. The van der Waals surface area contributed by atoms with E-state index in [0.29, 0.717) is 0 Å². The predicted octanol–water partition coefficient (Wildman–Crippen LogP) is 0.459. The number of ether oxygens (including phenoxy) is 1. The second-order valence-electron chi connectivity index (χ2n) is 3.76. The highest BCUT2D eigenvalue weighted by Crippen LogP contribution is 2.05. The summed E-state index contributed by atoms with van der Waals surface area (Å²) in [7, 11) is -2.87. The van der Waals surface area contributed by atoms with Crippen LogP contribution in [0.5, 0.6) is 0 Å². The fraction of sp³-hybridized carbons (Fsp3) is 0.778. The molecule has 17 heavy (non-hydrogen) atoms. The lowest BCUT2D eigenvalue weighted by Gasteiger charge is -2.22. The van der Waals surface area contributed by atoms with Gasteiger partial charge in [-0.2, -0.15) is 18.0 Å². The summed E-state index contributed by atoms with van der Waals surface area (Å²) in [6, 6.07) is 1.86. The van der Waals surface area contributed by atoms with Crippen molar-refractivity contribution in [2.45, 2.75) is 20.3 Å². The van der Waals surface area contributed by atoms with Crippen LogP contribution < -0.4 is 4.72 Å². The molecular formula is C9H17N3O4S. The number of carbonyl (C=O) groups is 1. The Morgan fingerprint density at radius 1 is 1.53 bits per heavy atom. The second kappa shape index (κ2) is 7.09. The van der Waals surface area contributed by atoms with E-state index in [1.165, 1.54) is 0 Å². The highest BCUT2D eigenvalue weighted by atomic mass is 32.2. The first-order valence-corrected chi connectivity index (χ1v) is 6.50. The number of nitrogens with zero attached hydrogens (tertiary/aromatic N) is 2. The van der Waals surface area contributed by atoms with Gasteiger partial charge in [-0.05, 0) is 5.92 Å². The van der Waals surface area contributed by atoms with Gasteiger partial charge in [0.1, 0.15) is 0 Å². The molecular weight excluding hydrogens is 246 g/mol. The number of nitriles is 1. The molecule has 0 rings (SSSR count). The van der Waals surface area contributed by atoms with Gasteiger partial charge >= 0.3 is 16.3 Å². The Hall–Kier alpha value is -1.33. The quantitative estimate of drug-likeness (QED) is 0.750. The van der Waals surface area contributed by atoms with Gasteiger partial charge in [-0.1, -0.05) is 13.8 Å². The van der Waals surface area contributed by atoms with Crippen molar-refractivity contribution in [3.05, 3.63) is 0 Å². The van der Waals surface area contributed by atoms with Gasteiger partial charge in [0.25, 0.3) is 0 Å². The van der Waals surface area contributed by atoms with Gasteiger partial charge < -0.3 is 4.74 Å². The van der Waals surface area contributed by atoms with Gasteiger partial charge in [0.05, 0.1) is 13.2 Å². The van der Waals surface area contributed by atoms with Crippen LogP contribution in [0.2, 0.25) is 0 Å². The highest BCUT2D eigenvalue weighted by Gasteiger charge is 2.24. The van der Waals surface area contributed by atoms with Crippen LogP contribution in [0, 0.1) is 17.2 Å². The van der Waals surface area contributed by atoms with E-state index in [4.69, 9.17) is 5.26 Å². The third-order valence-corrected chi connectivity index (χ3v) is 3.22. The van der Waals surface area contributed by atoms with Crippen LogP contribution in [0.1, 0.15) is 20.3 Å². The Bertz CT molecular complexity index is 386. The lowest BCUT2D eigenvalue weighted by Crippen LogP contribution is -2.45. The van der Waals surface area contributed by atoms with Crippen molar-refractivity contribution in [3.8, 4) is 6.07 Å². The van der Waals surface area contributed by atoms with E-state index in [-0.39, 0.29) is 25.4 Å². The van der Waals surface area contributed by atoms with Crippen LogP contribution in [-0.2, 0) is 14.9 Å². The van der Waals surface area contributed by atoms with Crippen molar-refractivity contribution in [1.82, 2.24) is 9.03 Å². The summed E-state index contributed by atoms with van der Waals surface area (Å²) in [5.74, 6) is 0.0860. The smallest absolute Gasteiger partial charge is 0.421 e. The summed E-state index contributed by atoms with van der Waals surface area (Å²) >= 11 is 0. The van der Waals surface area contributed by atoms with Crippen molar-refractivity contribution in [3.63, 3.8) is 0 Å². The molecule has 0 aliphatic heterocycles. The monoisotopic (exact) mass is 263 g/mol. The van der Waals surface area contributed by atoms with Crippen LogP contribution in [-0.4, -0.2) is 39.0 Å². The Morgan fingerprint density at radius 2 is 2.12 bits per heavy atom. The summed E-state index contributed by atoms with van der Waals surface area (Å²) in [6.45, 7) is 3.95. The summed E-state index contributed by atoms with van der Waals surface area (Å²) in [4.78, 5) is 10.9. The van der Waals surface area contributed by atoms with Gasteiger partial charge in [-0.3, -0.25) is 0 Å². The van der Waals surface area contributed by atoms with E-state index >= 15 is 0 Å². The summed E-state index contributed by atoms with van der Waals surface area (Å²) in [5, 5.41) is 8.46. The van der Waals surface area contributed by atoms with E-state index in [0.717, 1.165) is 11.4 Å². The number of carbonyl (C=O) groups excluding carboxylic acids is 1. The number of amides is 1. The molecule has 0 fully saturated rings. The maximum absolute atomic E-state index is 11.7. The second-order valence-corrected chi connectivity index (χ2v) is 5.43. The zero-order valence-corrected chi connectivity index (χ0v) is 11.0. The molecule has 7 nitrogen and oxygen atoms in total. The topological polar surface area (TPSA) is 99.5 Å². The van der Waals surface area contributed by atoms with Gasteiger partial charge in [-0.25, -0.2) is 9.52 Å². The number of hydrogen-bond acceptors (Lipinski definition) is 5. The van der Waals surface area contributed by atoms with Crippen molar-refractivity contribution in [2.75, 3.05) is 20.2 Å². The molecule has 0 aliphatic rings. The maximum atomic E-state index is 11.7. The molecule has 0 spiro atoms. The van der Waals surface area contributed by atoms with Crippen molar-refractivity contribution in [2.24, 2.45) is 5.92 Å². The summed E-state index contributed by atoms with van der Waals surface area (Å²) in [5.41, 5.74) is 0. The molecule has 0 unspecified atom stereocenters. The molecule has 8 heteroatoms. The average Bonchev–Trinajstić information content (AvgIpc) is 2.22. The largest absolute Gasteiger partial charge is 0.452 e. The first kappa shape index (κ1) is 15.7. The lowest BCUT2D eigenvalue weighted by molar-refractivity contribution is 0.176. The normalized spacial score (nSPS) is 11.3. The molecule has 1 amide bonds. The number of nitrogens with one attached hydrogen (secondary N) is 1. The van der Waals surface area contributed by atoms with Crippen LogP contribution in [0.15, 0.2) is 0 Å². The van der Waals surface area contributed by atoms with Crippen molar-refractivity contribution in [1.29, 1.82) is 5.26 Å². The van der Waals surface area contributed by atoms with Crippen LogP contribution in [0.4, 0.5) is 4.79 Å². The molecule has 0 bridgehead atoms. The van der Waals surface area contributed by atoms with Gasteiger partial charge in [0.2, 0.25) is 0 Å². The van der Waals surface area contributed by atoms with Crippen LogP contribution in [0.25, 0.3) is 0 Å². The van der Waals surface area contributed by atoms with E-state index in [1.54, 1.807) is 4.72 Å². The minimum atomic E-state index is -3.94. The highest BCUT2D eigenvalue weighted by molar-refractivity contribution is 7.87. The molecule has 0 atom stereocenters. The van der Waals surface area contributed by atoms with Gasteiger partial charge in [-0.15, -0.1) is 0 Å². The fourth-order valence-electron chi connectivity index (χ4n) is 1.10. The molecule has 0 heterocycles. The summed E-state index contributed by atoms with van der Waals surface area (Å²) < 4.78 is 30.5. The van der Waals surface area contributed by atoms with E-state index in [1.807, 2.05) is 19.9 Å². The third kappa shape index (κ3) is 6.09. The molecule has 1 N–H and O–H groups in total. The Labute approximate surface area is 102 Å². The molecule has 0 aromatic rings. The average molecular weight is 263 g/mol. The third-order valence-electron chi connectivity index (χ3n) is 1.78. The molecule has 0 aliphatic carbocycles. The van der Waals surface area contributed by atoms with Gasteiger partial charge in [0, 0.05) is 19.5 Å². The molecule has 98 valence electrons. The van der Waals surface area contributed by atoms with Crippen molar-refractivity contribution < 1.29 is 17.9 Å². The lowest BCUT2D eigenvalue weighted by atomic mass is 10.2.